The fourth-order valence-electron chi connectivity index (χ4n) is 1.81. The van der Waals surface area contributed by atoms with Crippen molar-refractivity contribution in [3.63, 3.8) is 0 Å². The molecule has 114 valence electrons. The Hall–Kier alpha value is -2.14. The van der Waals surface area contributed by atoms with E-state index < -0.39 is 6.10 Å². The molecule has 1 atom stereocenters. The van der Waals surface area contributed by atoms with Crippen molar-refractivity contribution in [3.05, 3.63) is 47.5 Å². The summed E-state index contributed by atoms with van der Waals surface area (Å²) in [6.07, 6.45) is 4.65. The van der Waals surface area contributed by atoms with Crippen molar-refractivity contribution in [2.75, 3.05) is 11.5 Å². The highest BCUT2D eigenvalue weighted by Gasteiger charge is 2.11. The monoisotopic (exact) mass is 288 g/mol. The van der Waals surface area contributed by atoms with E-state index in [1.54, 1.807) is 18.5 Å². The third-order valence-corrected chi connectivity index (χ3v) is 3.19. The third kappa shape index (κ3) is 5.04. The van der Waals surface area contributed by atoms with Gasteiger partial charge in [-0.1, -0.05) is 13.3 Å². The molecule has 0 aromatic carbocycles. The van der Waals surface area contributed by atoms with Crippen LogP contribution < -0.4 is 11.5 Å². The second-order valence-corrected chi connectivity index (χ2v) is 4.88. The number of hydrogen-bond donors (Lipinski definition) is 3. The average Bonchev–Trinajstić information content (AvgIpc) is 2.46. The van der Waals surface area contributed by atoms with E-state index in [0.29, 0.717) is 5.69 Å². The van der Waals surface area contributed by atoms with Crippen LogP contribution in [0.25, 0.3) is 0 Å². The molecule has 2 aromatic rings. The summed E-state index contributed by atoms with van der Waals surface area (Å²) in [5.41, 5.74) is 15.1. The largest absolute Gasteiger partial charge is 0.397 e. The number of aryl methyl sites for hydroxylation is 2. The Kier molecular flexibility index (Phi) is 6.62. The number of pyridine rings is 2. The number of nitrogen functional groups attached to an aromatic ring is 2. The fourth-order valence-corrected chi connectivity index (χ4v) is 1.81. The summed E-state index contributed by atoms with van der Waals surface area (Å²) in [4.78, 5) is 8.00. The molecule has 0 amide bonds. The van der Waals surface area contributed by atoms with Crippen LogP contribution in [0, 0.1) is 13.8 Å². The van der Waals surface area contributed by atoms with Gasteiger partial charge in [-0.15, -0.1) is 0 Å². The third-order valence-electron chi connectivity index (χ3n) is 3.19. The predicted molar refractivity (Wildman–Crippen MR) is 86.6 cm³/mol. The Bertz CT molecular complexity index is 551. The maximum Gasteiger partial charge on any atom is 0.0811 e. The molecule has 5 N–H and O–H groups in total. The number of aliphatic hydroxyl groups excluding tert-OH is 1. The van der Waals surface area contributed by atoms with Crippen molar-refractivity contribution in [1.29, 1.82) is 0 Å². The smallest absolute Gasteiger partial charge is 0.0811 e. The molecule has 0 spiro atoms. The second-order valence-electron chi connectivity index (χ2n) is 4.88. The van der Waals surface area contributed by atoms with Gasteiger partial charge in [-0.05, 0) is 38.5 Å². The number of nitrogens with zero attached hydrogens (tertiary/aromatic N) is 2. The summed E-state index contributed by atoms with van der Waals surface area (Å²) in [6.45, 7) is 5.76. The van der Waals surface area contributed by atoms with Gasteiger partial charge in [0.05, 0.1) is 28.9 Å². The molecule has 0 aliphatic carbocycles. The van der Waals surface area contributed by atoms with Crippen molar-refractivity contribution >= 4 is 11.4 Å². The van der Waals surface area contributed by atoms with E-state index in [0.717, 1.165) is 35.5 Å². The number of aliphatic hydroxyl groups is 1. The lowest BCUT2D eigenvalue weighted by molar-refractivity contribution is 0.167. The van der Waals surface area contributed by atoms with Crippen LogP contribution in [0.1, 0.15) is 42.8 Å². The van der Waals surface area contributed by atoms with E-state index in [2.05, 4.69) is 9.97 Å². The quantitative estimate of drug-likeness (QED) is 0.806. The highest BCUT2D eigenvalue weighted by Crippen LogP contribution is 2.24. The summed E-state index contributed by atoms with van der Waals surface area (Å²) in [7, 11) is 0. The maximum absolute atomic E-state index is 9.72. The topological polar surface area (TPSA) is 98.0 Å². The lowest BCUT2D eigenvalue weighted by Crippen LogP contribution is -2.04. The number of anilines is 2. The molecular weight excluding hydrogens is 264 g/mol. The number of rotatable bonds is 3. The number of nitrogens with two attached hydrogens (primary N) is 2. The van der Waals surface area contributed by atoms with E-state index in [-0.39, 0.29) is 0 Å². The summed E-state index contributed by atoms with van der Waals surface area (Å²) in [5.74, 6) is 0. The Morgan fingerprint density at radius 1 is 1.10 bits per heavy atom. The zero-order valence-electron chi connectivity index (χ0n) is 12.9. The first-order chi connectivity index (χ1) is 9.97. The van der Waals surface area contributed by atoms with Gasteiger partial charge in [0.25, 0.3) is 0 Å². The standard InChI is InChI=1S/C10H16N2O.C6H8N2/c1-3-4-9(13)8-5-6-12-7(2)10(8)11;1-5-6(7)3-2-4-8-5/h5-6,9,13H,3-4,11H2,1-2H3;2-4H,7H2,1H3. The minimum atomic E-state index is -0.452. The van der Waals surface area contributed by atoms with Crippen LogP contribution in [0.2, 0.25) is 0 Å². The molecule has 0 bridgehead atoms. The van der Waals surface area contributed by atoms with Gasteiger partial charge in [-0.3, -0.25) is 9.97 Å². The summed E-state index contributed by atoms with van der Waals surface area (Å²) < 4.78 is 0. The number of hydrogen-bond acceptors (Lipinski definition) is 5. The van der Waals surface area contributed by atoms with Crippen molar-refractivity contribution in [2.45, 2.75) is 39.7 Å². The molecule has 1 unspecified atom stereocenters. The van der Waals surface area contributed by atoms with Crippen LogP contribution in [0.15, 0.2) is 30.6 Å². The maximum atomic E-state index is 9.72. The molecule has 0 saturated heterocycles. The van der Waals surface area contributed by atoms with E-state index in [1.807, 2.05) is 32.9 Å². The molecule has 0 saturated carbocycles. The molecule has 2 aromatic heterocycles. The van der Waals surface area contributed by atoms with Crippen LogP contribution in [0.4, 0.5) is 11.4 Å². The summed E-state index contributed by atoms with van der Waals surface area (Å²) >= 11 is 0. The highest BCUT2D eigenvalue weighted by atomic mass is 16.3. The van der Waals surface area contributed by atoms with Gasteiger partial charge in [0.1, 0.15) is 0 Å². The first kappa shape index (κ1) is 16.9. The van der Waals surface area contributed by atoms with Gasteiger partial charge in [0.15, 0.2) is 0 Å². The molecule has 0 aliphatic heterocycles. The second kappa shape index (κ2) is 8.21. The van der Waals surface area contributed by atoms with E-state index in [1.165, 1.54) is 0 Å². The zero-order chi connectivity index (χ0) is 15.8. The van der Waals surface area contributed by atoms with Gasteiger partial charge in [0.2, 0.25) is 0 Å². The lowest BCUT2D eigenvalue weighted by Gasteiger charge is -2.13. The van der Waals surface area contributed by atoms with Gasteiger partial charge in [-0.25, -0.2) is 0 Å². The lowest BCUT2D eigenvalue weighted by atomic mass is 10.0. The van der Waals surface area contributed by atoms with Crippen molar-refractivity contribution in [3.8, 4) is 0 Å². The Balaban J connectivity index is 0.000000235. The van der Waals surface area contributed by atoms with Crippen LogP contribution in [0.5, 0.6) is 0 Å². The predicted octanol–water partition coefficient (Wildman–Crippen LogP) is 2.78. The Labute approximate surface area is 126 Å². The minimum absolute atomic E-state index is 0.452. The van der Waals surface area contributed by atoms with Crippen LogP contribution >= 0.6 is 0 Å². The minimum Gasteiger partial charge on any atom is -0.397 e. The van der Waals surface area contributed by atoms with E-state index in [9.17, 15) is 5.11 Å². The summed E-state index contributed by atoms with van der Waals surface area (Å²) in [6, 6.07) is 5.44. The molecule has 21 heavy (non-hydrogen) atoms. The Morgan fingerprint density at radius 3 is 2.29 bits per heavy atom. The van der Waals surface area contributed by atoms with Crippen LogP contribution in [-0.4, -0.2) is 15.1 Å². The first-order valence-corrected chi connectivity index (χ1v) is 7.03. The molecule has 0 aliphatic rings. The fraction of sp³-hybridized carbons (Fsp3) is 0.375. The molecular formula is C16H24N4O. The van der Waals surface area contributed by atoms with Gasteiger partial charge >= 0.3 is 0 Å². The van der Waals surface area contributed by atoms with Gasteiger partial charge in [-0.2, -0.15) is 0 Å². The zero-order valence-corrected chi connectivity index (χ0v) is 12.9. The molecule has 2 rings (SSSR count). The summed E-state index contributed by atoms with van der Waals surface area (Å²) in [5, 5.41) is 9.72. The van der Waals surface area contributed by atoms with Crippen LogP contribution in [0.3, 0.4) is 0 Å². The molecule has 5 nitrogen and oxygen atoms in total. The molecule has 2 heterocycles. The molecule has 5 heteroatoms. The van der Waals surface area contributed by atoms with Gasteiger partial charge in [0, 0.05) is 18.0 Å². The van der Waals surface area contributed by atoms with Gasteiger partial charge < -0.3 is 16.6 Å². The average molecular weight is 288 g/mol. The van der Waals surface area contributed by atoms with Crippen molar-refractivity contribution in [2.24, 2.45) is 0 Å². The normalized spacial score (nSPS) is 11.4. The highest BCUT2D eigenvalue weighted by molar-refractivity contribution is 5.50. The number of aromatic nitrogens is 2. The first-order valence-electron chi connectivity index (χ1n) is 7.03. The molecule has 0 fully saturated rings. The van der Waals surface area contributed by atoms with E-state index >= 15 is 0 Å². The molecule has 0 radical (unpaired) electrons. The Morgan fingerprint density at radius 2 is 1.76 bits per heavy atom. The van der Waals surface area contributed by atoms with Crippen molar-refractivity contribution in [1.82, 2.24) is 9.97 Å². The van der Waals surface area contributed by atoms with Crippen molar-refractivity contribution < 1.29 is 5.11 Å². The van der Waals surface area contributed by atoms with E-state index in [4.69, 9.17) is 11.5 Å². The SMILES string of the molecule is CCCC(O)c1ccnc(C)c1N.Cc1ncccc1N. The van der Waals surface area contributed by atoms with Crippen LogP contribution in [-0.2, 0) is 0 Å².